The van der Waals surface area contributed by atoms with Gasteiger partial charge in [-0.1, -0.05) is 40.2 Å². The normalized spacial score (nSPS) is 17.4. The molecule has 0 aliphatic heterocycles. The fourth-order valence-corrected chi connectivity index (χ4v) is 2.96. The Kier molecular flexibility index (Phi) is 3.83. The smallest absolute Gasteiger partial charge is 0.228 e. The van der Waals surface area contributed by atoms with Gasteiger partial charge in [0.1, 0.15) is 5.82 Å². The highest BCUT2D eigenvalue weighted by atomic mass is 79.9. The summed E-state index contributed by atoms with van der Waals surface area (Å²) in [7, 11) is 0. The average Bonchev–Trinajstić information content (AvgIpc) is 2.47. The number of fused-ring (bicyclic) bond motifs is 1. The van der Waals surface area contributed by atoms with Crippen LogP contribution in [0.15, 0.2) is 47.1 Å². The summed E-state index contributed by atoms with van der Waals surface area (Å²) < 4.78 is 0.914. The lowest BCUT2D eigenvalue weighted by molar-refractivity contribution is -0.120. The standard InChI is InChI=1S/C16H15BrN2O/c17-14-7-8-18-15(10-14)19-16(20)13-6-5-11-3-1-2-4-12(11)9-13/h1-4,7-8,10,13H,5-6,9H2,(H,18,19,20). The van der Waals surface area contributed by atoms with Gasteiger partial charge in [-0.3, -0.25) is 4.79 Å². The van der Waals surface area contributed by atoms with Crippen molar-refractivity contribution in [1.82, 2.24) is 4.98 Å². The molecule has 1 aliphatic carbocycles. The van der Waals surface area contributed by atoms with Crippen LogP contribution in [-0.4, -0.2) is 10.9 Å². The summed E-state index contributed by atoms with van der Waals surface area (Å²) in [6, 6.07) is 12.0. The lowest BCUT2D eigenvalue weighted by Gasteiger charge is -2.23. The predicted molar refractivity (Wildman–Crippen MR) is 82.5 cm³/mol. The van der Waals surface area contributed by atoms with Crippen molar-refractivity contribution in [3.8, 4) is 0 Å². The van der Waals surface area contributed by atoms with Crippen LogP contribution in [0.4, 0.5) is 5.82 Å². The lowest BCUT2D eigenvalue weighted by Crippen LogP contribution is -2.28. The molecule has 0 bridgehead atoms. The molecule has 1 N–H and O–H groups in total. The van der Waals surface area contributed by atoms with Gasteiger partial charge >= 0.3 is 0 Å². The number of benzene rings is 1. The molecule has 20 heavy (non-hydrogen) atoms. The SMILES string of the molecule is O=C(Nc1cc(Br)ccn1)C1CCc2ccccc2C1. The van der Waals surface area contributed by atoms with Crippen LogP contribution in [0.3, 0.4) is 0 Å². The van der Waals surface area contributed by atoms with Crippen molar-refractivity contribution in [3.63, 3.8) is 0 Å². The van der Waals surface area contributed by atoms with Crippen molar-refractivity contribution in [2.75, 3.05) is 5.32 Å². The molecular formula is C16H15BrN2O. The van der Waals surface area contributed by atoms with Gasteiger partial charge in [-0.15, -0.1) is 0 Å². The number of nitrogens with one attached hydrogen (secondary N) is 1. The maximum atomic E-state index is 12.3. The maximum absolute atomic E-state index is 12.3. The van der Waals surface area contributed by atoms with Crippen molar-refractivity contribution in [1.29, 1.82) is 0 Å². The second kappa shape index (κ2) is 5.75. The number of amides is 1. The number of halogens is 1. The average molecular weight is 331 g/mol. The Hall–Kier alpha value is -1.68. The van der Waals surface area contributed by atoms with Crippen molar-refractivity contribution in [3.05, 3.63) is 58.2 Å². The van der Waals surface area contributed by atoms with Crippen LogP contribution >= 0.6 is 15.9 Å². The monoisotopic (exact) mass is 330 g/mol. The molecule has 0 fully saturated rings. The molecule has 4 heteroatoms. The number of hydrogen-bond acceptors (Lipinski definition) is 2. The molecule has 0 saturated heterocycles. The Balaban J connectivity index is 1.70. The van der Waals surface area contributed by atoms with Gasteiger partial charge in [-0.2, -0.15) is 0 Å². The highest BCUT2D eigenvalue weighted by Gasteiger charge is 2.24. The molecule has 3 nitrogen and oxygen atoms in total. The number of rotatable bonds is 2. The highest BCUT2D eigenvalue weighted by Crippen LogP contribution is 2.26. The van der Waals surface area contributed by atoms with Crippen molar-refractivity contribution in [2.24, 2.45) is 5.92 Å². The van der Waals surface area contributed by atoms with Gasteiger partial charge in [-0.25, -0.2) is 4.98 Å². The van der Waals surface area contributed by atoms with Crippen LogP contribution in [0.1, 0.15) is 17.5 Å². The number of aromatic nitrogens is 1. The summed E-state index contributed by atoms with van der Waals surface area (Å²) in [6.07, 6.45) is 4.36. The van der Waals surface area contributed by atoms with E-state index < -0.39 is 0 Å². The molecule has 0 spiro atoms. The second-order valence-electron chi connectivity index (χ2n) is 5.06. The molecule has 1 atom stereocenters. The lowest BCUT2D eigenvalue weighted by atomic mass is 9.83. The van der Waals surface area contributed by atoms with Gasteiger partial charge in [0.2, 0.25) is 5.91 Å². The first kappa shape index (κ1) is 13.3. The Bertz CT molecular complexity index is 642. The third kappa shape index (κ3) is 2.90. The van der Waals surface area contributed by atoms with Crippen molar-refractivity contribution < 1.29 is 4.79 Å². The molecular weight excluding hydrogens is 316 g/mol. The summed E-state index contributed by atoms with van der Waals surface area (Å²) in [5, 5.41) is 2.90. The quantitative estimate of drug-likeness (QED) is 0.914. The molecule has 3 rings (SSSR count). The number of carbonyl (C=O) groups excluding carboxylic acids is 1. The third-order valence-electron chi connectivity index (χ3n) is 3.69. The van der Waals surface area contributed by atoms with E-state index in [-0.39, 0.29) is 11.8 Å². The molecule has 102 valence electrons. The number of anilines is 1. The first-order chi connectivity index (χ1) is 9.72. The number of pyridine rings is 1. The van der Waals surface area contributed by atoms with Crippen LogP contribution in [-0.2, 0) is 17.6 Å². The van der Waals surface area contributed by atoms with E-state index in [1.807, 2.05) is 18.2 Å². The van der Waals surface area contributed by atoms with Gasteiger partial charge in [0.05, 0.1) is 0 Å². The summed E-state index contributed by atoms with van der Waals surface area (Å²) >= 11 is 3.38. The van der Waals surface area contributed by atoms with E-state index in [1.54, 1.807) is 6.20 Å². The molecule has 1 heterocycles. The van der Waals surface area contributed by atoms with Gasteiger partial charge in [0.15, 0.2) is 0 Å². The van der Waals surface area contributed by atoms with Crippen LogP contribution in [0, 0.1) is 5.92 Å². The van der Waals surface area contributed by atoms with Gasteiger partial charge in [-0.05, 0) is 42.5 Å². The van der Waals surface area contributed by atoms with Gasteiger partial charge in [0, 0.05) is 16.6 Å². The minimum atomic E-state index is 0.0330. The highest BCUT2D eigenvalue weighted by molar-refractivity contribution is 9.10. The Morgan fingerprint density at radius 1 is 1.25 bits per heavy atom. The van der Waals surface area contributed by atoms with E-state index in [9.17, 15) is 4.79 Å². The first-order valence-electron chi connectivity index (χ1n) is 6.71. The fraction of sp³-hybridized carbons (Fsp3) is 0.250. The molecule has 1 unspecified atom stereocenters. The largest absolute Gasteiger partial charge is 0.310 e. The van der Waals surface area contributed by atoms with E-state index in [0.29, 0.717) is 5.82 Å². The van der Waals surface area contributed by atoms with Crippen LogP contribution in [0.2, 0.25) is 0 Å². The Morgan fingerprint density at radius 2 is 2.05 bits per heavy atom. The number of hydrogen-bond donors (Lipinski definition) is 1. The third-order valence-corrected chi connectivity index (χ3v) is 4.18. The summed E-state index contributed by atoms with van der Waals surface area (Å²) in [6.45, 7) is 0. The summed E-state index contributed by atoms with van der Waals surface area (Å²) in [5.41, 5.74) is 2.67. The van der Waals surface area contributed by atoms with E-state index in [1.165, 1.54) is 11.1 Å². The van der Waals surface area contributed by atoms with Gasteiger partial charge in [0.25, 0.3) is 0 Å². The van der Waals surface area contributed by atoms with Crippen LogP contribution in [0.25, 0.3) is 0 Å². The second-order valence-corrected chi connectivity index (χ2v) is 5.97. The first-order valence-corrected chi connectivity index (χ1v) is 7.51. The molecule has 1 amide bonds. The number of aryl methyl sites for hydroxylation is 1. The summed E-state index contributed by atoms with van der Waals surface area (Å²) in [4.78, 5) is 16.5. The summed E-state index contributed by atoms with van der Waals surface area (Å²) in [5.74, 6) is 0.694. The topological polar surface area (TPSA) is 42.0 Å². The van der Waals surface area contributed by atoms with E-state index in [0.717, 1.165) is 23.7 Å². The predicted octanol–water partition coefficient (Wildman–Crippen LogP) is 3.59. The zero-order chi connectivity index (χ0) is 13.9. The minimum Gasteiger partial charge on any atom is -0.310 e. The van der Waals surface area contributed by atoms with E-state index >= 15 is 0 Å². The Morgan fingerprint density at radius 3 is 2.85 bits per heavy atom. The molecule has 1 aliphatic rings. The zero-order valence-electron chi connectivity index (χ0n) is 11.0. The molecule has 0 saturated carbocycles. The Labute approximate surface area is 126 Å². The zero-order valence-corrected chi connectivity index (χ0v) is 12.6. The molecule has 2 aromatic rings. The fourth-order valence-electron chi connectivity index (χ4n) is 2.62. The number of nitrogens with zero attached hydrogens (tertiary/aromatic N) is 1. The van der Waals surface area contributed by atoms with Crippen molar-refractivity contribution >= 4 is 27.7 Å². The van der Waals surface area contributed by atoms with Crippen LogP contribution < -0.4 is 5.32 Å². The number of carbonyl (C=O) groups is 1. The molecule has 1 aromatic heterocycles. The maximum Gasteiger partial charge on any atom is 0.228 e. The van der Waals surface area contributed by atoms with Crippen LogP contribution in [0.5, 0.6) is 0 Å². The minimum absolute atomic E-state index is 0.0330. The molecule has 1 aromatic carbocycles. The van der Waals surface area contributed by atoms with Crippen molar-refractivity contribution in [2.45, 2.75) is 19.3 Å². The molecule has 0 radical (unpaired) electrons. The van der Waals surface area contributed by atoms with Gasteiger partial charge < -0.3 is 5.32 Å². The van der Waals surface area contributed by atoms with E-state index in [2.05, 4.69) is 44.4 Å². The van der Waals surface area contributed by atoms with E-state index in [4.69, 9.17) is 0 Å².